The molecule has 0 fully saturated rings. The van der Waals surface area contributed by atoms with E-state index in [1.165, 1.54) is 18.2 Å². The Balaban J connectivity index is 2.54. The van der Waals surface area contributed by atoms with E-state index in [0.717, 1.165) is 0 Å². The average molecular weight is 249 g/mol. The lowest BCUT2D eigenvalue weighted by Crippen LogP contribution is -2.24. The molecule has 17 heavy (non-hydrogen) atoms. The van der Waals surface area contributed by atoms with Gasteiger partial charge < -0.3 is 15.2 Å². The fraction of sp³-hybridized carbons (Fsp3) is 0.455. The van der Waals surface area contributed by atoms with Crippen molar-refractivity contribution in [1.29, 1.82) is 0 Å². The molecule has 0 spiro atoms. The van der Waals surface area contributed by atoms with E-state index in [0.29, 0.717) is 18.7 Å². The van der Waals surface area contributed by atoms with Gasteiger partial charge in [0.1, 0.15) is 5.75 Å². The second kappa shape index (κ2) is 5.88. The van der Waals surface area contributed by atoms with Crippen molar-refractivity contribution in [3.8, 4) is 5.75 Å². The van der Waals surface area contributed by atoms with Crippen LogP contribution in [0.4, 0.5) is 13.2 Å². The second-order valence-corrected chi connectivity index (χ2v) is 3.68. The summed E-state index contributed by atoms with van der Waals surface area (Å²) in [4.78, 5) is 0. The summed E-state index contributed by atoms with van der Waals surface area (Å²) in [5, 5.41) is 11.9. The van der Waals surface area contributed by atoms with E-state index in [1.54, 1.807) is 13.0 Å². The van der Waals surface area contributed by atoms with Crippen molar-refractivity contribution in [3.05, 3.63) is 29.8 Å². The van der Waals surface area contributed by atoms with Crippen LogP contribution in [0.25, 0.3) is 0 Å². The first-order valence-corrected chi connectivity index (χ1v) is 5.10. The number of rotatable bonds is 5. The molecular weight excluding hydrogens is 235 g/mol. The van der Waals surface area contributed by atoms with Crippen LogP contribution in [-0.2, 0) is 6.54 Å². The third kappa shape index (κ3) is 6.13. The molecule has 0 radical (unpaired) electrons. The predicted octanol–water partition coefficient (Wildman–Crippen LogP) is 2.06. The Kier molecular flexibility index (Phi) is 4.77. The van der Waals surface area contributed by atoms with Gasteiger partial charge in [-0.1, -0.05) is 12.1 Å². The smallest absolute Gasteiger partial charge is 0.406 e. The number of aliphatic hydroxyl groups excluding tert-OH is 1. The Morgan fingerprint density at radius 3 is 2.71 bits per heavy atom. The molecule has 1 aromatic carbocycles. The van der Waals surface area contributed by atoms with Crippen molar-refractivity contribution in [3.63, 3.8) is 0 Å². The highest BCUT2D eigenvalue weighted by molar-refractivity contribution is 5.28. The van der Waals surface area contributed by atoms with Crippen molar-refractivity contribution in [1.82, 2.24) is 5.32 Å². The number of hydrogen-bond acceptors (Lipinski definition) is 3. The summed E-state index contributed by atoms with van der Waals surface area (Å²) in [6.45, 7) is 2.38. The summed E-state index contributed by atoms with van der Waals surface area (Å²) in [7, 11) is 0. The zero-order valence-corrected chi connectivity index (χ0v) is 9.29. The van der Waals surface area contributed by atoms with Crippen molar-refractivity contribution in [2.45, 2.75) is 25.9 Å². The van der Waals surface area contributed by atoms with Gasteiger partial charge >= 0.3 is 6.36 Å². The van der Waals surface area contributed by atoms with Crippen LogP contribution in [0.2, 0.25) is 0 Å². The summed E-state index contributed by atoms with van der Waals surface area (Å²) in [5.74, 6) is -0.242. The standard InChI is InChI=1S/C11H14F3NO2/c1-8(16)6-15-7-9-3-2-4-10(5-9)17-11(12,13)14/h2-5,8,15-16H,6-7H2,1H3. The molecule has 0 heterocycles. The van der Waals surface area contributed by atoms with Crippen LogP contribution < -0.4 is 10.1 Å². The number of halogens is 3. The molecular formula is C11H14F3NO2. The first-order chi connectivity index (χ1) is 7.87. The molecule has 2 N–H and O–H groups in total. The predicted molar refractivity (Wildman–Crippen MR) is 56.5 cm³/mol. The molecule has 1 rings (SSSR count). The molecule has 0 saturated carbocycles. The first-order valence-electron chi connectivity index (χ1n) is 5.10. The maximum atomic E-state index is 12.0. The van der Waals surface area contributed by atoms with Gasteiger partial charge in [-0.05, 0) is 24.6 Å². The van der Waals surface area contributed by atoms with E-state index >= 15 is 0 Å². The summed E-state index contributed by atoms with van der Waals surface area (Å²) in [5.41, 5.74) is 0.660. The maximum Gasteiger partial charge on any atom is 0.573 e. The quantitative estimate of drug-likeness (QED) is 0.839. The van der Waals surface area contributed by atoms with Crippen LogP contribution in [0.5, 0.6) is 5.75 Å². The van der Waals surface area contributed by atoms with Gasteiger partial charge in [-0.2, -0.15) is 0 Å². The Morgan fingerprint density at radius 1 is 1.41 bits per heavy atom. The van der Waals surface area contributed by atoms with E-state index in [2.05, 4.69) is 10.1 Å². The van der Waals surface area contributed by atoms with Crippen molar-refractivity contribution >= 4 is 0 Å². The number of nitrogens with one attached hydrogen (secondary N) is 1. The third-order valence-electron chi connectivity index (χ3n) is 1.90. The van der Waals surface area contributed by atoms with E-state index in [1.807, 2.05) is 0 Å². The normalized spacial score (nSPS) is 13.5. The number of alkyl halides is 3. The fourth-order valence-electron chi connectivity index (χ4n) is 1.28. The van der Waals surface area contributed by atoms with E-state index in [9.17, 15) is 13.2 Å². The Labute approximate surface area is 97.2 Å². The topological polar surface area (TPSA) is 41.5 Å². The van der Waals surface area contributed by atoms with Gasteiger partial charge in [-0.25, -0.2) is 0 Å². The highest BCUT2D eigenvalue weighted by Gasteiger charge is 2.31. The Morgan fingerprint density at radius 2 is 2.12 bits per heavy atom. The minimum Gasteiger partial charge on any atom is -0.406 e. The Bertz CT molecular complexity index is 353. The molecule has 1 unspecified atom stereocenters. The van der Waals surface area contributed by atoms with Gasteiger partial charge in [0.25, 0.3) is 0 Å². The average Bonchev–Trinajstić information content (AvgIpc) is 2.14. The molecule has 1 atom stereocenters. The van der Waals surface area contributed by atoms with Gasteiger partial charge in [0.15, 0.2) is 0 Å². The number of ether oxygens (including phenoxy) is 1. The second-order valence-electron chi connectivity index (χ2n) is 3.68. The van der Waals surface area contributed by atoms with Crippen LogP contribution in [0, 0.1) is 0 Å². The van der Waals surface area contributed by atoms with Crippen molar-refractivity contribution in [2.24, 2.45) is 0 Å². The molecule has 0 saturated heterocycles. The van der Waals surface area contributed by atoms with E-state index in [4.69, 9.17) is 5.11 Å². The molecule has 0 aliphatic rings. The van der Waals surface area contributed by atoms with Crippen LogP contribution in [0.3, 0.4) is 0 Å². The minimum absolute atomic E-state index is 0.242. The van der Waals surface area contributed by atoms with E-state index in [-0.39, 0.29) is 5.75 Å². The third-order valence-corrected chi connectivity index (χ3v) is 1.90. The van der Waals surface area contributed by atoms with Gasteiger partial charge in [0, 0.05) is 13.1 Å². The number of hydrogen-bond donors (Lipinski definition) is 2. The zero-order chi connectivity index (χ0) is 12.9. The highest BCUT2D eigenvalue weighted by Crippen LogP contribution is 2.23. The molecule has 6 heteroatoms. The van der Waals surface area contributed by atoms with Crippen LogP contribution in [-0.4, -0.2) is 24.1 Å². The maximum absolute atomic E-state index is 12.0. The van der Waals surface area contributed by atoms with Gasteiger partial charge in [0.2, 0.25) is 0 Å². The molecule has 0 aliphatic carbocycles. The molecule has 0 aromatic heterocycles. The summed E-state index contributed by atoms with van der Waals surface area (Å²) >= 11 is 0. The minimum atomic E-state index is -4.67. The van der Waals surface area contributed by atoms with Gasteiger partial charge in [0.05, 0.1) is 6.10 Å². The summed E-state index contributed by atoms with van der Waals surface area (Å²) in [6.07, 6.45) is -5.17. The van der Waals surface area contributed by atoms with E-state index < -0.39 is 12.5 Å². The van der Waals surface area contributed by atoms with Crippen LogP contribution in [0.15, 0.2) is 24.3 Å². The summed E-state index contributed by atoms with van der Waals surface area (Å²) in [6, 6.07) is 5.72. The number of aliphatic hydroxyl groups is 1. The molecule has 96 valence electrons. The highest BCUT2D eigenvalue weighted by atomic mass is 19.4. The van der Waals surface area contributed by atoms with Gasteiger partial charge in [-0.15, -0.1) is 13.2 Å². The first kappa shape index (κ1) is 13.8. The summed E-state index contributed by atoms with van der Waals surface area (Å²) < 4.78 is 39.7. The SMILES string of the molecule is CC(O)CNCc1cccc(OC(F)(F)F)c1. The lowest BCUT2D eigenvalue weighted by molar-refractivity contribution is -0.274. The molecule has 3 nitrogen and oxygen atoms in total. The molecule has 0 bridgehead atoms. The largest absolute Gasteiger partial charge is 0.573 e. The lowest BCUT2D eigenvalue weighted by atomic mass is 10.2. The van der Waals surface area contributed by atoms with Crippen LogP contribution in [0.1, 0.15) is 12.5 Å². The molecule has 1 aromatic rings. The monoisotopic (exact) mass is 249 g/mol. The number of benzene rings is 1. The lowest BCUT2D eigenvalue weighted by Gasteiger charge is -2.11. The molecule has 0 amide bonds. The van der Waals surface area contributed by atoms with Crippen molar-refractivity contribution < 1.29 is 23.0 Å². The Hall–Kier alpha value is -1.27. The van der Waals surface area contributed by atoms with Crippen LogP contribution >= 0.6 is 0 Å². The zero-order valence-electron chi connectivity index (χ0n) is 9.29. The van der Waals surface area contributed by atoms with Gasteiger partial charge in [-0.3, -0.25) is 0 Å². The van der Waals surface area contributed by atoms with Crippen molar-refractivity contribution in [2.75, 3.05) is 6.54 Å². The fourth-order valence-corrected chi connectivity index (χ4v) is 1.28. The molecule has 0 aliphatic heterocycles.